The molecule has 1 aliphatic rings. The monoisotopic (exact) mass is 368 g/mol. The highest BCUT2D eigenvalue weighted by molar-refractivity contribution is 6.30. The van der Waals surface area contributed by atoms with Gasteiger partial charge in [-0.2, -0.15) is 0 Å². The molecule has 0 spiro atoms. The molecule has 1 amide bonds. The second-order valence-electron chi connectivity index (χ2n) is 6.42. The van der Waals surface area contributed by atoms with Gasteiger partial charge in [-0.1, -0.05) is 48.5 Å². The number of ketones is 2. The number of hydrogen-bond donors (Lipinski definition) is 2. The van der Waals surface area contributed by atoms with Gasteiger partial charge in [0.2, 0.25) is 5.91 Å². The molecule has 0 fully saturated rings. The molecular formula is C23H16N2O3. The van der Waals surface area contributed by atoms with Crippen LogP contribution < -0.4 is 11.1 Å². The summed E-state index contributed by atoms with van der Waals surface area (Å²) >= 11 is 0. The molecule has 0 heterocycles. The van der Waals surface area contributed by atoms with Crippen LogP contribution in [0.3, 0.4) is 0 Å². The van der Waals surface area contributed by atoms with Crippen LogP contribution in [-0.4, -0.2) is 17.5 Å². The van der Waals surface area contributed by atoms with Gasteiger partial charge in [0.05, 0.1) is 11.3 Å². The molecule has 0 aliphatic heterocycles. The predicted molar refractivity (Wildman–Crippen MR) is 108 cm³/mol. The van der Waals surface area contributed by atoms with Gasteiger partial charge >= 0.3 is 0 Å². The zero-order valence-corrected chi connectivity index (χ0v) is 14.8. The van der Waals surface area contributed by atoms with Crippen LogP contribution in [0.1, 0.15) is 37.4 Å². The lowest BCUT2D eigenvalue weighted by atomic mass is 9.83. The number of anilines is 2. The Bertz CT molecular complexity index is 1140. The molecule has 0 saturated carbocycles. The lowest BCUT2D eigenvalue weighted by Crippen LogP contribution is -2.23. The molecule has 28 heavy (non-hydrogen) atoms. The predicted octanol–water partition coefficient (Wildman–Crippen LogP) is 3.70. The van der Waals surface area contributed by atoms with Crippen LogP contribution in [-0.2, 0) is 4.79 Å². The second kappa shape index (κ2) is 6.96. The maximum absolute atomic E-state index is 12.9. The molecule has 5 heteroatoms. The first-order valence-corrected chi connectivity index (χ1v) is 8.70. The zero-order valence-electron chi connectivity index (χ0n) is 14.8. The van der Waals surface area contributed by atoms with Crippen LogP contribution in [0.25, 0.3) is 6.08 Å². The third kappa shape index (κ3) is 3.10. The van der Waals surface area contributed by atoms with Crippen molar-refractivity contribution in [1.29, 1.82) is 0 Å². The summed E-state index contributed by atoms with van der Waals surface area (Å²) in [7, 11) is 0. The number of amides is 1. The standard InChI is InChI=1S/C23H16N2O3/c24-15-11-8-14(9-12-15)10-13-20(26)25-19-7-3-6-18-21(19)23(28)17-5-2-1-4-16(17)22(18)27/h1-13H,24H2,(H,25,26)/b13-10+. The van der Waals surface area contributed by atoms with E-state index in [1.807, 2.05) is 0 Å². The minimum absolute atomic E-state index is 0.223. The Morgan fingerprint density at radius 1 is 0.786 bits per heavy atom. The number of carbonyl (C=O) groups is 3. The molecule has 0 unspecified atom stereocenters. The highest BCUT2D eigenvalue weighted by Crippen LogP contribution is 2.31. The van der Waals surface area contributed by atoms with Crippen molar-refractivity contribution in [2.75, 3.05) is 11.1 Å². The van der Waals surface area contributed by atoms with Crippen molar-refractivity contribution in [3.8, 4) is 0 Å². The van der Waals surface area contributed by atoms with Gasteiger partial charge in [0.15, 0.2) is 11.6 Å². The quantitative estimate of drug-likeness (QED) is 0.426. The summed E-state index contributed by atoms with van der Waals surface area (Å²) in [5, 5.41) is 2.71. The van der Waals surface area contributed by atoms with Crippen molar-refractivity contribution in [2.45, 2.75) is 0 Å². The molecule has 136 valence electrons. The van der Waals surface area contributed by atoms with Gasteiger partial charge in [0, 0.05) is 28.5 Å². The molecule has 3 N–H and O–H groups in total. The van der Waals surface area contributed by atoms with Gasteiger partial charge in [-0.3, -0.25) is 14.4 Å². The average Bonchev–Trinajstić information content (AvgIpc) is 2.71. The average molecular weight is 368 g/mol. The van der Waals surface area contributed by atoms with Crippen LogP contribution in [0, 0.1) is 0 Å². The van der Waals surface area contributed by atoms with E-state index in [1.165, 1.54) is 6.08 Å². The summed E-state index contributed by atoms with van der Waals surface area (Å²) in [6.07, 6.45) is 3.01. The van der Waals surface area contributed by atoms with E-state index < -0.39 is 5.91 Å². The molecule has 1 aliphatic carbocycles. The van der Waals surface area contributed by atoms with E-state index in [2.05, 4.69) is 5.32 Å². The summed E-state index contributed by atoms with van der Waals surface area (Å²) in [6, 6.07) is 18.6. The first-order valence-electron chi connectivity index (χ1n) is 8.70. The van der Waals surface area contributed by atoms with Crippen LogP contribution in [0.4, 0.5) is 11.4 Å². The molecule has 0 bridgehead atoms. The van der Waals surface area contributed by atoms with Gasteiger partial charge in [-0.05, 0) is 29.8 Å². The summed E-state index contributed by atoms with van der Waals surface area (Å²) in [5.74, 6) is -0.897. The van der Waals surface area contributed by atoms with E-state index in [4.69, 9.17) is 5.73 Å². The van der Waals surface area contributed by atoms with E-state index in [9.17, 15) is 14.4 Å². The SMILES string of the molecule is Nc1ccc(/C=C/C(=O)Nc2cccc3c2C(=O)c2ccccc2C3=O)cc1. The van der Waals surface area contributed by atoms with Crippen molar-refractivity contribution in [3.05, 3.63) is 101 Å². The number of nitrogen functional groups attached to an aromatic ring is 1. The number of hydrogen-bond acceptors (Lipinski definition) is 4. The molecule has 0 saturated heterocycles. The number of nitrogens with one attached hydrogen (secondary N) is 1. The largest absolute Gasteiger partial charge is 0.399 e. The number of benzene rings is 3. The second-order valence-corrected chi connectivity index (χ2v) is 6.42. The summed E-state index contributed by atoms with van der Waals surface area (Å²) < 4.78 is 0. The summed E-state index contributed by atoms with van der Waals surface area (Å²) in [5.41, 5.74) is 8.67. The van der Waals surface area contributed by atoms with E-state index in [0.29, 0.717) is 28.1 Å². The van der Waals surface area contributed by atoms with Crippen molar-refractivity contribution < 1.29 is 14.4 Å². The first kappa shape index (κ1) is 17.4. The molecular weight excluding hydrogens is 352 g/mol. The maximum atomic E-state index is 12.9. The summed E-state index contributed by atoms with van der Waals surface area (Å²) in [6.45, 7) is 0. The Kier molecular flexibility index (Phi) is 4.33. The van der Waals surface area contributed by atoms with E-state index in [-0.39, 0.29) is 17.1 Å². The normalized spacial score (nSPS) is 12.6. The van der Waals surface area contributed by atoms with Crippen molar-refractivity contribution in [3.63, 3.8) is 0 Å². The van der Waals surface area contributed by atoms with Crippen molar-refractivity contribution in [1.82, 2.24) is 0 Å². The fourth-order valence-electron chi connectivity index (χ4n) is 3.20. The van der Waals surface area contributed by atoms with Gasteiger partial charge < -0.3 is 11.1 Å². The molecule has 0 radical (unpaired) electrons. The lowest BCUT2D eigenvalue weighted by Gasteiger charge is -2.20. The minimum atomic E-state index is -0.399. The molecule has 5 nitrogen and oxygen atoms in total. The molecule has 3 aromatic carbocycles. The maximum Gasteiger partial charge on any atom is 0.248 e. The Morgan fingerprint density at radius 2 is 1.43 bits per heavy atom. The van der Waals surface area contributed by atoms with Gasteiger partial charge in [-0.25, -0.2) is 0 Å². The van der Waals surface area contributed by atoms with E-state index >= 15 is 0 Å². The molecule has 4 rings (SSSR count). The summed E-state index contributed by atoms with van der Waals surface area (Å²) in [4.78, 5) is 38.0. The number of fused-ring (bicyclic) bond motifs is 2. The fourth-order valence-corrected chi connectivity index (χ4v) is 3.20. The smallest absolute Gasteiger partial charge is 0.248 e. The highest BCUT2D eigenvalue weighted by atomic mass is 16.2. The third-order valence-corrected chi connectivity index (χ3v) is 4.57. The van der Waals surface area contributed by atoms with E-state index in [0.717, 1.165) is 5.56 Å². The van der Waals surface area contributed by atoms with Gasteiger partial charge in [-0.15, -0.1) is 0 Å². The lowest BCUT2D eigenvalue weighted by molar-refractivity contribution is -0.111. The van der Waals surface area contributed by atoms with Crippen molar-refractivity contribution in [2.24, 2.45) is 0 Å². The molecule has 0 atom stereocenters. The van der Waals surface area contributed by atoms with Crippen molar-refractivity contribution >= 4 is 34.9 Å². The third-order valence-electron chi connectivity index (χ3n) is 4.57. The number of nitrogens with two attached hydrogens (primary N) is 1. The molecule has 0 aromatic heterocycles. The van der Waals surface area contributed by atoms with Crippen LogP contribution in [0.5, 0.6) is 0 Å². The minimum Gasteiger partial charge on any atom is -0.399 e. The van der Waals surface area contributed by atoms with Gasteiger partial charge in [0.25, 0.3) is 0 Å². The topological polar surface area (TPSA) is 89.3 Å². The Morgan fingerprint density at radius 3 is 2.14 bits per heavy atom. The van der Waals surface area contributed by atoms with Gasteiger partial charge in [0.1, 0.15) is 0 Å². The van der Waals surface area contributed by atoms with E-state index in [1.54, 1.807) is 72.8 Å². The Labute approximate surface area is 161 Å². The van der Waals surface area contributed by atoms with Crippen LogP contribution in [0.15, 0.2) is 72.8 Å². The van der Waals surface area contributed by atoms with Crippen LogP contribution >= 0.6 is 0 Å². The zero-order chi connectivity index (χ0) is 19.7. The highest BCUT2D eigenvalue weighted by Gasteiger charge is 2.31. The molecule has 3 aromatic rings. The number of rotatable bonds is 3. The first-order chi connectivity index (χ1) is 13.5. The fraction of sp³-hybridized carbons (Fsp3) is 0. The Hall–Kier alpha value is -3.99. The van der Waals surface area contributed by atoms with Crippen LogP contribution in [0.2, 0.25) is 0 Å². The number of carbonyl (C=O) groups excluding carboxylic acids is 3. The Balaban J connectivity index is 1.63.